The highest BCUT2D eigenvalue weighted by molar-refractivity contribution is 7.12. The fourth-order valence-corrected chi connectivity index (χ4v) is 3.01. The molecular weight excluding hydrogens is 334 g/mol. The first kappa shape index (κ1) is 15.3. The van der Waals surface area contributed by atoms with Gasteiger partial charge < -0.3 is 9.84 Å². The van der Waals surface area contributed by atoms with Gasteiger partial charge in [-0.3, -0.25) is 4.79 Å². The van der Waals surface area contributed by atoms with E-state index in [4.69, 9.17) is 21.4 Å². The Bertz CT molecular complexity index is 877. The summed E-state index contributed by atoms with van der Waals surface area (Å²) in [7, 11) is 0. The number of halogens is 1. The molecule has 3 aromatic rings. The van der Waals surface area contributed by atoms with Crippen molar-refractivity contribution in [1.29, 1.82) is 5.26 Å². The zero-order valence-corrected chi connectivity index (χ0v) is 13.3. The number of benzene rings is 1. The minimum Gasteiger partial charge on any atom is -0.359 e. The molecule has 1 amide bonds. The van der Waals surface area contributed by atoms with E-state index in [1.807, 2.05) is 0 Å². The van der Waals surface area contributed by atoms with E-state index in [9.17, 15) is 4.79 Å². The van der Waals surface area contributed by atoms with Gasteiger partial charge in [0.05, 0.1) is 23.2 Å². The smallest absolute Gasteiger partial charge is 0.263 e. The van der Waals surface area contributed by atoms with Crippen molar-refractivity contribution < 1.29 is 9.32 Å². The van der Waals surface area contributed by atoms with Crippen LogP contribution in [-0.2, 0) is 6.54 Å². The molecule has 0 bridgehead atoms. The molecule has 0 fully saturated rings. The molecule has 0 aliphatic heterocycles. The molecule has 3 rings (SSSR count). The maximum atomic E-state index is 12.0. The van der Waals surface area contributed by atoms with Gasteiger partial charge >= 0.3 is 0 Å². The van der Waals surface area contributed by atoms with Gasteiger partial charge in [-0.25, -0.2) is 0 Å². The zero-order chi connectivity index (χ0) is 16.2. The van der Waals surface area contributed by atoms with Crippen LogP contribution in [-0.4, -0.2) is 11.1 Å². The molecule has 0 saturated heterocycles. The van der Waals surface area contributed by atoms with Crippen LogP contribution in [0.3, 0.4) is 0 Å². The number of thiophene rings is 1. The van der Waals surface area contributed by atoms with Crippen LogP contribution in [0.4, 0.5) is 0 Å². The molecule has 0 saturated carbocycles. The van der Waals surface area contributed by atoms with Gasteiger partial charge in [-0.2, -0.15) is 5.26 Å². The fourth-order valence-electron chi connectivity index (χ4n) is 1.95. The second kappa shape index (κ2) is 6.65. The second-order valence-corrected chi connectivity index (χ2v) is 5.97. The van der Waals surface area contributed by atoms with Gasteiger partial charge in [0.25, 0.3) is 5.91 Å². The van der Waals surface area contributed by atoms with Crippen LogP contribution < -0.4 is 5.32 Å². The third kappa shape index (κ3) is 3.42. The van der Waals surface area contributed by atoms with Gasteiger partial charge in [0.1, 0.15) is 10.6 Å². The number of carbonyl (C=O) groups is 1. The van der Waals surface area contributed by atoms with Crippen molar-refractivity contribution in [2.75, 3.05) is 0 Å². The van der Waals surface area contributed by atoms with E-state index in [1.165, 1.54) is 11.3 Å². The lowest BCUT2D eigenvalue weighted by molar-refractivity contribution is 0.0951. The normalized spacial score (nSPS) is 10.3. The lowest BCUT2D eigenvalue weighted by Crippen LogP contribution is -2.21. The van der Waals surface area contributed by atoms with Gasteiger partial charge in [0.2, 0.25) is 0 Å². The zero-order valence-electron chi connectivity index (χ0n) is 11.7. The molecule has 0 unspecified atom stereocenters. The quantitative estimate of drug-likeness (QED) is 0.780. The molecule has 5 nitrogen and oxygen atoms in total. The third-order valence-corrected chi connectivity index (χ3v) is 4.46. The van der Waals surface area contributed by atoms with Crippen molar-refractivity contribution in [3.05, 3.63) is 63.0 Å². The van der Waals surface area contributed by atoms with Crippen LogP contribution >= 0.6 is 22.9 Å². The Balaban J connectivity index is 1.66. The van der Waals surface area contributed by atoms with Gasteiger partial charge in [0.15, 0.2) is 5.76 Å². The fraction of sp³-hybridized carbons (Fsp3) is 0.0625. The predicted molar refractivity (Wildman–Crippen MR) is 87.2 cm³/mol. The number of hydrogen-bond donors (Lipinski definition) is 1. The first-order valence-corrected chi connectivity index (χ1v) is 7.90. The van der Waals surface area contributed by atoms with Crippen molar-refractivity contribution in [3.63, 3.8) is 0 Å². The summed E-state index contributed by atoms with van der Waals surface area (Å²) in [6.07, 6.45) is 0. The lowest BCUT2D eigenvalue weighted by atomic mass is 10.1. The first-order chi connectivity index (χ1) is 11.2. The predicted octanol–water partition coefficient (Wildman–Crippen LogP) is 3.86. The number of hydrogen-bond acceptors (Lipinski definition) is 5. The van der Waals surface area contributed by atoms with E-state index in [0.29, 0.717) is 26.9 Å². The molecule has 114 valence electrons. The monoisotopic (exact) mass is 343 g/mol. The largest absolute Gasteiger partial charge is 0.359 e. The van der Waals surface area contributed by atoms with Crippen molar-refractivity contribution in [3.8, 4) is 17.3 Å². The number of nitrogens with one attached hydrogen (secondary N) is 1. The summed E-state index contributed by atoms with van der Waals surface area (Å²) in [5.41, 5.74) is 2.07. The van der Waals surface area contributed by atoms with Gasteiger partial charge in [-0.15, -0.1) is 11.3 Å². The molecule has 1 aromatic carbocycles. The maximum Gasteiger partial charge on any atom is 0.263 e. The minimum atomic E-state index is -0.249. The van der Waals surface area contributed by atoms with E-state index < -0.39 is 0 Å². The van der Waals surface area contributed by atoms with Crippen LogP contribution in [0.15, 0.2) is 46.3 Å². The Labute approximate surface area is 141 Å². The van der Waals surface area contributed by atoms with Crippen LogP contribution in [0.2, 0.25) is 5.02 Å². The minimum absolute atomic E-state index is 0.219. The molecule has 1 N–H and O–H groups in total. The standard InChI is InChI=1S/C16H10ClN3O2S/c17-13-5-6-23-15(13)16(21)19-9-12-7-14(20-22-12)11-3-1-10(8-18)2-4-11/h1-7H,9H2,(H,19,21). The van der Waals surface area contributed by atoms with Crippen LogP contribution in [0.1, 0.15) is 21.0 Å². The summed E-state index contributed by atoms with van der Waals surface area (Å²) in [5, 5.41) is 17.7. The van der Waals surface area contributed by atoms with E-state index in [2.05, 4.69) is 16.5 Å². The summed E-state index contributed by atoms with van der Waals surface area (Å²) in [4.78, 5) is 12.4. The molecule has 0 atom stereocenters. The average Bonchev–Trinajstić information content (AvgIpc) is 3.22. The highest BCUT2D eigenvalue weighted by Crippen LogP contribution is 2.22. The number of nitrogens with zero attached hydrogens (tertiary/aromatic N) is 2. The first-order valence-electron chi connectivity index (χ1n) is 6.64. The Morgan fingerprint density at radius 3 is 2.78 bits per heavy atom. The summed E-state index contributed by atoms with van der Waals surface area (Å²) in [6, 6.07) is 12.5. The topological polar surface area (TPSA) is 78.9 Å². The molecule has 0 aliphatic rings. The van der Waals surface area contributed by atoms with E-state index >= 15 is 0 Å². The molecule has 7 heteroatoms. The highest BCUT2D eigenvalue weighted by Gasteiger charge is 2.13. The van der Waals surface area contributed by atoms with Gasteiger partial charge in [-0.05, 0) is 23.6 Å². The maximum absolute atomic E-state index is 12.0. The lowest BCUT2D eigenvalue weighted by Gasteiger charge is -2.00. The van der Waals surface area contributed by atoms with Crippen molar-refractivity contribution in [2.45, 2.75) is 6.54 Å². The molecule has 0 spiro atoms. The van der Waals surface area contributed by atoms with Crippen molar-refractivity contribution >= 4 is 28.8 Å². The van der Waals surface area contributed by atoms with Crippen LogP contribution in [0, 0.1) is 11.3 Å². The number of rotatable bonds is 4. The molecular formula is C16H10ClN3O2S. The number of amides is 1. The van der Waals surface area contributed by atoms with Crippen LogP contribution in [0.25, 0.3) is 11.3 Å². The van der Waals surface area contributed by atoms with Crippen molar-refractivity contribution in [2.24, 2.45) is 0 Å². The molecule has 23 heavy (non-hydrogen) atoms. The molecule has 0 radical (unpaired) electrons. The summed E-state index contributed by atoms with van der Waals surface area (Å²) in [5.74, 6) is 0.284. The third-order valence-electron chi connectivity index (χ3n) is 3.12. The number of aromatic nitrogens is 1. The van der Waals surface area contributed by atoms with Gasteiger partial charge in [0, 0.05) is 11.6 Å². The summed E-state index contributed by atoms with van der Waals surface area (Å²) >= 11 is 7.20. The number of nitriles is 1. The Kier molecular flexibility index (Phi) is 4.42. The summed E-state index contributed by atoms with van der Waals surface area (Å²) in [6.45, 7) is 0.219. The van der Waals surface area contributed by atoms with E-state index in [1.54, 1.807) is 41.8 Å². The SMILES string of the molecule is N#Cc1ccc(-c2cc(CNC(=O)c3sccc3Cl)on2)cc1. The van der Waals surface area contributed by atoms with E-state index in [0.717, 1.165) is 5.56 Å². The Morgan fingerprint density at radius 1 is 1.35 bits per heavy atom. The van der Waals surface area contributed by atoms with Gasteiger partial charge in [-0.1, -0.05) is 28.9 Å². The highest BCUT2D eigenvalue weighted by atomic mass is 35.5. The Morgan fingerprint density at radius 2 is 2.13 bits per heavy atom. The molecule has 0 aliphatic carbocycles. The summed E-state index contributed by atoms with van der Waals surface area (Å²) < 4.78 is 5.21. The average molecular weight is 344 g/mol. The van der Waals surface area contributed by atoms with Crippen LogP contribution in [0.5, 0.6) is 0 Å². The van der Waals surface area contributed by atoms with Crippen molar-refractivity contribution in [1.82, 2.24) is 10.5 Å². The Hall–Kier alpha value is -2.62. The number of carbonyl (C=O) groups excluding carboxylic acids is 1. The molecule has 2 heterocycles. The van der Waals surface area contributed by atoms with E-state index in [-0.39, 0.29) is 12.5 Å². The second-order valence-electron chi connectivity index (χ2n) is 4.65. The molecule has 2 aromatic heterocycles.